The zero-order chi connectivity index (χ0) is 16.1. The standard InChI is InChI=1S/C15H18N4O3/c1-9-10(2)17-15(18-14(9)20)19-16-8-11-6-5-7-12(21-3)13(11)22-4/h5-8H,1-4H3,(H2,17,18,19,20)/b16-8-. The van der Waals surface area contributed by atoms with Crippen molar-refractivity contribution in [1.82, 2.24) is 9.97 Å². The van der Waals surface area contributed by atoms with Crippen molar-refractivity contribution in [2.75, 3.05) is 19.6 Å². The molecule has 0 spiro atoms. The molecule has 1 aromatic carbocycles. The van der Waals surface area contributed by atoms with Crippen LogP contribution in [-0.2, 0) is 0 Å². The van der Waals surface area contributed by atoms with Crippen LogP contribution in [0.25, 0.3) is 0 Å². The number of hydrogen-bond donors (Lipinski definition) is 2. The van der Waals surface area contributed by atoms with Crippen LogP contribution in [0.1, 0.15) is 16.8 Å². The van der Waals surface area contributed by atoms with Crippen molar-refractivity contribution in [2.45, 2.75) is 13.8 Å². The molecule has 7 heteroatoms. The molecule has 7 nitrogen and oxygen atoms in total. The maximum atomic E-state index is 11.7. The summed E-state index contributed by atoms with van der Waals surface area (Å²) in [6, 6.07) is 5.47. The van der Waals surface area contributed by atoms with E-state index in [1.807, 2.05) is 12.1 Å². The maximum Gasteiger partial charge on any atom is 0.255 e. The molecule has 0 atom stereocenters. The number of hydrazone groups is 1. The Hall–Kier alpha value is -2.83. The number of benzene rings is 1. The van der Waals surface area contributed by atoms with E-state index in [4.69, 9.17) is 9.47 Å². The molecule has 2 rings (SSSR count). The number of para-hydroxylation sites is 1. The summed E-state index contributed by atoms with van der Waals surface area (Å²) < 4.78 is 10.5. The molecule has 1 heterocycles. The number of aromatic amines is 1. The molecule has 0 unspecified atom stereocenters. The fourth-order valence-corrected chi connectivity index (χ4v) is 1.87. The van der Waals surface area contributed by atoms with E-state index < -0.39 is 0 Å². The van der Waals surface area contributed by atoms with Gasteiger partial charge in [0.05, 0.1) is 20.4 Å². The molecule has 2 N–H and O–H groups in total. The Balaban J connectivity index is 2.22. The molecular formula is C15H18N4O3. The predicted molar refractivity (Wildman–Crippen MR) is 85.1 cm³/mol. The second kappa shape index (κ2) is 6.75. The average molecular weight is 302 g/mol. The van der Waals surface area contributed by atoms with Crippen LogP contribution in [0.15, 0.2) is 28.1 Å². The number of anilines is 1. The van der Waals surface area contributed by atoms with E-state index >= 15 is 0 Å². The summed E-state index contributed by atoms with van der Waals surface area (Å²) in [6.07, 6.45) is 1.57. The van der Waals surface area contributed by atoms with Gasteiger partial charge in [0.15, 0.2) is 11.5 Å². The number of methoxy groups -OCH3 is 2. The van der Waals surface area contributed by atoms with Gasteiger partial charge >= 0.3 is 0 Å². The number of aromatic nitrogens is 2. The van der Waals surface area contributed by atoms with Gasteiger partial charge in [0.1, 0.15) is 0 Å². The molecule has 0 aliphatic heterocycles. The topological polar surface area (TPSA) is 88.6 Å². The molecule has 0 fully saturated rings. The zero-order valence-corrected chi connectivity index (χ0v) is 12.9. The third-order valence-electron chi connectivity index (χ3n) is 3.20. The Morgan fingerprint density at radius 2 is 2.05 bits per heavy atom. The minimum atomic E-state index is -0.191. The van der Waals surface area contributed by atoms with Gasteiger partial charge in [-0.2, -0.15) is 5.10 Å². The number of ether oxygens (including phenoxy) is 2. The van der Waals surface area contributed by atoms with Gasteiger partial charge in [-0.25, -0.2) is 10.4 Å². The minimum Gasteiger partial charge on any atom is -0.493 e. The lowest BCUT2D eigenvalue weighted by Gasteiger charge is -2.09. The average Bonchev–Trinajstić information content (AvgIpc) is 2.52. The Kier molecular flexibility index (Phi) is 4.77. The molecule has 22 heavy (non-hydrogen) atoms. The van der Waals surface area contributed by atoms with Crippen molar-refractivity contribution in [1.29, 1.82) is 0 Å². The van der Waals surface area contributed by atoms with Crippen LogP contribution in [0.3, 0.4) is 0 Å². The van der Waals surface area contributed by atoms with Crippen molar-refractivity contribution >= 4 is 12.2 Å². The molecular weight excluding hydrogens is 284 g/mol. The first-order chi connectivity index (χ1) is 10.6. The normalized spacial score (nSPS) is 10.7. The summed E-state index contributed by atoms with van der Waals surface area (Å²) in [5, 5.41) is 4.06. The van der Waals surface area contributed by atoms with Crippen LogP contribution in [0.2, 0.25) is 0 Å². The Morgan fingerprint density at radius 1 is 1.27 bits per heavy atom. The van der Waals surface area contributed by atoms with E-state index in [0.717, 1.165) is 5.56 Å². The van der Waals surface area contributed by atoms with Gasteiger partial charge in [-0.3, -0.25) is 9.78 Å². The number of aryl methyl sites for hydroxylation is 1. The molecule has 0 bridgehead atoms. The van der Waals surface area contributed by atoms with Crippen molar-refractivity contribution in [3.05, 3.63) is 45.4 Å². The highest BCUT2D eigenvalue weighted by Gasteiger charge is 2.07. The van der Waals surface area contributed by atoms with Gasteiger partial charge < -0.3 is 9.47 Å². The fourth-order valence-electron chi connectivity index (χ4n) is 1.87. The first-order valence-electron chi connectivity index (χ1n) is 6.64. The second-order valence-corrected chi connectivity index (χ2v) is 4.58. The van der Waals surface area contributed by atoms with Crippen molar-refractivity contribution in [3.8, 4) is 11.5 Å². The lowest BCUT2D eigenvalue weighted by atomic mass is 10.2. The lowest BCUT2D eigenvalue weighted by molar-refractivity contribution is 0.354. The summed E-state index contributed by atoms with van der Waals surface area (Å²) in [5.41, 5.74) is 4.48. The molecule has 0 amide bonds. The molecule has 0 saturated heterocycles. The van der Waals surface area contributed by atoms with Gasteiger partial charge in [0.25, 0.3) is 5.56 Å². The van der Waals surface area contributed by atoms with Crippen molar-refractivity contribution in [3.63, 3.8) is 0 Å². The van der Waals surface area contributed by atoms with Crippen molar-refractivity contribution in [2.24, 2.45) is 5.10 Å². The van der Waals surface area contributed by atoms with Crippen LogP contribution < -0.4 is 20.5 Å². The lowest BCUT2D eigenvalue weighted by Crippen LogP contribution is -2.15. The molecule has 0 aliphatic carbocycles. The van der Waals surface area contributed by atoms with Crippen LogP contribution >= 0.6 is 0 Å². The third-order valence-corrected chi connectivity index (χ3v) is 3.20. The molecule has 0 aliphatic rings. The molecule has 0 radical (unpaired) electrons. The number of hydrogen-bond acceptors (Lipinski definition) is 6. The molecule has 1 aromatic heterocycles. The van der Waals surface area contributed by atoms with E-state index in [2.05, 4.69) is 20.5 Å². The first kappa shape index (κ1) is 15.6. The van der Waals surface area contributed by atoms with Crippen LogP contribution in [0, 0.1) is 13.8 Å². The zero-order valence-electron chi connectivity index (χ0n) is 12.9. The van der Waals surface area contributed by atoms with Crippen LogP contribution in [-0.4, -0.2) is 30.4 Å². The van der Waals surface area contributed by atoms with E-state index in [-0.39, 0.29) is 11.5 Å². The number of nitrogens with zero attached hydrogens (tertiary/aromatic N) is 2. The van der Waals surface area contributed by atoms with Gasteiger partial charge in [-0.15, -0.1) is 0 Å². The third kappa shape index (κ3) is 3.25. The van der Waals surface area contributed by atoms with E-state index in [1.165, 1.54) is 0 Å². The molecule has 0 saturated carbocycles. The summed E-state index contributed by atoms with van der Waals surface area (Å²) in [6.45, 7) is 3.49. The second-order valence-electron chi connectivity index (χ2n) is 4.58. The number of nitrogens with one attached hydrogen (secondary N) is 2. The first-order valence-corrected chi connectivity index (χ1v) is 6.64. The highest BCUT2D eigenvalue weighted by Crippen LogP contribution is 2.29. The van der Waals surface area contributed by atoms with Crippen LogP contribution in [0.5, 0.6) is 11.5 Å². The Labute approximate surface area is 128 Å². The SMILES string of the molecule is COc1cccc(/C=N\Nc2nc(C)c(C)c(=O)[nH]2)c1OC. The highest BCUT2D eigenvalue weighted by molar-refractivity contribution is 5.85. The number of rotatable bonds is 5. The Bertz CT molecular complexity index is 753. The highest BCUT2D eigenvalue weighted by atomic mass is 16.5. The van der Waals surface area contributed by atoms with E-state index in [9.17, 15) is 4.79 Å². The van der Waals surface area contributed by atoms with E-state index in [0.29, 0.717) is 22.8 Å². The van der Waals surface area contributed by atoms with Crippen molar-refractivity contribution < 1.29 is 9.47 Å². The van der Waals surface area contributed by atoms with Gasteiger partial charge in [-0.05, 0) is 26.0 Å². The summed E-state index contributed by atoms with van der Waals surface area (Å²) in [5.74, 6) is 1.48. The van der Waals surface area contributed by atoms with Crippen LogP contribution in [0.4, 0.5) is 5.95 Å². The van der Waals surface area contributed by atoms with Gasteiger partial charge in [0.2, 0.25) is 5.95 Å². The smallest absolute Gasteiger partial charge is 0.255 e. The van der Waals surface area contributed by atoms with Gasteiger partial charge in [-0.1, -0.05) is 6.07 Å². The summed E-state index contributed by atoms with van der Waals surface area (Å²) >= 11 is 0. The Morgan fingerprint density at radius 3 is 2.68 bits per heavy atom. The fraction of sp³-hybridized carbons (Fsp3) is 0.267. The molecule has 2 aromatic rings. The number of H-pyrrole nitrogens is 1. The summed E-state index contributed by atoms with van der Waals surface area (Å²) in [4.78, 5) is 18.5. The largest absolute Gasteiger partial charge is 0.493 e. The van der Waals surface area contributed by atoms with Gasteiger partial charge in [0, 0.05) is 16.8 Å². The molecule has 116 valence electrons. The predicted octanol–water partition coefficient (Wildman–Crippen LogP) is 1.85. The maximum absolute atomic E-state index is 11.7. The summed E-state index contributed by atoms with van der Waals surface area (Å²) in [7, 11) is 3.13. The van der Waals surface area contributed by atoms with E-state index in [1.54, 1.807) is 40.3 Å². The monoisotopic (exact) mass is 302 g/mol. The quantitative estimate of drug-likeness (QED) is 0.650. The minimum absolute atomic E-state index is 0.191.